The van der Waals surface area contributed by atoms with Crippen LogP contribution < -0.4 is 10.5 Å². The summed E-state index contributed by atoms with van der Waals surface area (Å²) in [6, 6.07) is 15.5. The molecule has 1 amide bonds. The van der Waals surface area contributed by atoms with Crippen molar-refractivity contribution in [3.05, 3.63) is 71.8 Å². The van der Waals surface area contributed by atoms with Crippen molar-refractivity contribution in [2.75, 3.05) is 11.1 Å². The van der Waals surface area contributed by atoms with E-state index in [1.165, 1.54) is 30.3 Å². The molecule has 2 aromatic carbocycles. The Kier molecular flexibility index (Phi) is 7.06. The van der Waals surface area contributed by atoms with Crippen LogP contribution in [0.2, 0.25) is 0 Å². The van der Waals surface area contributed by atoms with E-state index in [0.29, 0.717) is 17.3 Å². The Balaban J connectivity index is 1.85. The quantitative estimate of drug-likeness (QED) is 0.501. The highest BCUT2D eigenvalue weighted by atomic mass is 32.2. The van der Waals surface area contributed by atoms with Crippen LogP contribution in [0.3, 0.4) is 0 Å². The molecule has 3 rings (SSSR count). The fourth-order valence-electron chi connectivity index (χ4n) is 2.77. The molecule has 0 fully saturated rings. The number of nitriles is 1. The zero-order valence-electron chi connectivity index (χ0n) is 16.6. The summed E-state index contributed by atoms with van der Waals surface area (Å²) in [6.45, 7) is 0. The van der Waals surface area contributed by atoms with E-state index in [2.05, 4.69) is 10.3 Å². The molecule has 0 atom stereocenters. The summed E-state index contributed by atoms with van der Waals surface area (Å²) in [6.07, 6.45) is -4.79. The van der Waals surface area contributed by atoms with Crippen molar-refractivity contribution in [2.45, 2.75) is 16.1 Å². The third-order valence-electron chi connectivity index (χ3n) is 4.28. The van der Waals surface area contributed by atoms with E-state index in [1.807, 2.05) is 0 Å². The van der Waals surface area contributed by atoms with E-state index in [1.54, 1.807) is 30.3 Å². The van der Waals surface area contributed by atoms with E-state index in [0.717, 1.165) is 6.07 Å². The minimum absolute atomic E-state index is 0.0171. The number of sulfonamides is 1. The van der Waals surface area contributed by atoms with Gasteiger partial charge in [-0.25, -0.2) is 18.5 Å². The largest absolute Gasteiger partial charge is 0.417 e. The monoisotopic (exact) mass is 492 g/mol. The normalized spacial score (nSPS) is 11.6. The zero-order chi connectivity index (χ0) is 24.2. The first-order valence-electron chi connectivity index (χ1n) is 9.12. The molecule has 33 heavy (non-hydrogen) atoms. The Labute approximate surface area is 191 Å². The van der Waals surface area contributed by atoms with Crippen molar-refractivity contribution in [2.24, 2.45) is 5.14 Å². The van der Waals surface area contributed by atoms with Crippen molar-refractivity contribution in [3.63, 3.8) is 0 Å². The first-order valence-corrected chi connectivity index (χ1v) is 11.7. The number of aromatic nitrogens is 1. The molecular formula is C21H15F3N4O3S2. The second-order valence-electron chi connectivity index (χ2n) is 6.62. The molecule has 1 aromatic heterocycles. The number of nitrogens with one attached hydrogen (secondary N) is 1. The molecule has 0 aliphatic rings. The number of nitrogens with zero attached hydrogens (tertiary/aromatic N) is 2. The molecule has 0 aliphatic carbocycles. The Bertz CT molecular complexity index is 1320. The van der Waals surface area contributed by atoms with Gasteiger partial charge >= 0.3 is 6.18 Å². The molecule has 0 saturated heterocycles. The first kappa shape index (κ1) is 24.2. The number of pyridine rings is 1. The first-order chi connectivity index (χ1) is 15.5. The number of rotatable bonds is 6. The van der Waals surface area contributed by atoms with Gasteiger partial charge in [0.25, 0.3) is 0 Å². The summed E-state index contributed by atoms with van der Waals surface area (Å²) in [5.74, 6) is -0.929. The lowest BCUT2D eigenvalue weighted by Gasteiger charge is -2.14. The van der Waals surface area contributed by atoms with Gasteiger partial charge in [-0.15, -0.1) is 0 Å². The molecule has 0 radical (unpaired) electrons. The number of amides is 1. The fourth-order valence-corrected chi connectivity index (χ4v) is 4.09. The fraction of sp³-hybridized carbons (Fsp3) is 0.0952. The second kappa shape index (κ2) is 9.62. The van der Waals surface area contributed by atoms with Gasteiger partial charge < -0.3 is 5.32 Å². The lowest BCUT2D eigenvalue weighted by Crippen LogP contribution is -2.16. The van der Waals surface area contributed by atoms with Gasteiger partial charge in [-0.1, -0.05) is 42.1 Å². The van der Waals surface area contributed by atoms with E-state index in [-0.39, 0.29) is 27.1 Å². The lowest BCUT2D eigenvalue weighted by molar-refractivity contribution is -0.138. The molecule has 0 saturated carbocycles. The number of carbonyl (C=O) groups excluding carboxylic acids is 1. The number of hydrogen-bond acceptors (Lipinski definition) is 6. The van der Waals surface area contributed by atoms with Crippen molar-refractivity contribution in [1.29, 1.82) is 5.26 Å². The van der Waals surface area contributed by atoms with E-state index in [4.69, 9.17) is 5.14 Å². The van der Waals surface area contributed by atoms with Crippen LogP contribution in [-0.2, 0) is 21.0 Å². The van der Waals surface area contributed by atoms with Crippen LogP contribution in [-0.4, -0.2) is 25.1 Å². The Morgan fingerprint density at radius 2 is 1.76 bits per heavy atom. The van der Waals surface area contributed by atoms with Crippen LogP contribution >= 0.6 is 11.8 Å². The molecule has 12 heteroatoms. The standard InChI is InChI=1S/C21H15F3N4O3S2/c22-21(23,24)17-10-18(13-4-2-1-3-5-13)28-20(16(17)11-25)32-12-19(29)27-14-6-8-15(9-7-14)33(26,30)31/h1-10H,12H2,(H,27,29)(H2,26,30,31). The predicted molar refractivity (Wildman–Crippen MR) is 117 cm³/mol. The van der Waals surface area contributed by atoms with Crippen molar-refractivity contribution in [1.82, 2.24) is 4.98 Å². The molecule has 170 valence electrons. The van der Waals surface area contributed by atoms with Gasteiger partial charge in [-0.3, -0.25) is 4.79 Å². The van der Waals surface area contributed by atoms with Crippen LogP contribution in [0.4, 0.5) is 18.9 Å². The number of primary sulfonamides is 1. The lowest BCUT2D eigenvalue weighted by atomic mass is 10.1. The molecule has 0 bridgehead atoms. The Morgan fingerprint density at radius 3 is 2.30 bits per heavy atom. The average Bonchev–Trinajstić information content (AvgIpc) is 2.76. The minimum atomic E-state index is -4.79. The van der Waals surface area contributed by atoms with Gasteiger partial charge in [0.15, 0.2) is 0 Å². The summed E-state index contributed by atoms with van der Waals surface area (Å²) in [7, 11) is -3.89. The van der Waals surface area contributed by atoms with Crippen LogP contribution in [0.5, 0.6) is 0 Å². The highest BCUT2D eigenvalue weighted by Gasteiger charge is 2.36. The van der Waals surface area contributed by atoms with Gasteiger partial charge in [-0.05, 0) is 30.3 Å². The number of nitrogens with two attached hydrogens (primary N) is 1. The maximum Gasteiger partial charge on any atom is 0.417 e. The summed E-state index contributed by atoms with van der Waals surface area (Å²) in [5, 5.41) is 16.6. The summed E-state index contributed by atoms with van der Waals surface area (Å²) in [5.41, 5.74) is -1.11. The number of anilines is 1. The number of carbonyl (C=O) groups is 1. The van der Waals surface area contributed by atoms with Crippen LogP contribution in [0.1, 0.15) is 11.1 Å². The Hall–Kier alpha value is -3.40. The maximum atomic E-state index is 13.6. The molecule has 0 aliphatic heterocycles. The molecule has 0 unspecified atom stereocenters. The molecular weight excluding hydrogens is 477 g/mol. The third kappa shape index (κ3) is 6.10. The summed E-state index contributed by atoms with van der Waals surface area (Å²) in [4.78, 5) is 16.3. The van der Waals surface area contributed by atoms with Crippen molar-refractivity contribution < 1.29 is 26.4 Å². The summed E-state index contributed by atoms with van der Waals surface area (Å²) < 4.78 is 63.4. The number of thioether (sulfide) groups is 1. The highest BCUT2D eigenvalue weighted by Crippen LogP contribution is 2.37. The second-order valence-corrected chi connectivity index (χ2v) is 9.14. The van der Waals surface area contributed by atoms with Gasteiger partial charge in [-0.2, -0.15) is 18.4 Å². The smallest absolute Gasteiger partial charge is 0.325 e. The van der Waals surface area contributed by atoms with Crippen molar-refractivity contribution in [3.8, 4) is 17.3 Å². The van der Waals surface area contributed by atoms with Crippen molar-refractivity contribution >= 4 is 33.4 Å². The molecule has 7 nitrogen and oxygen atoms in total. The zero-order valence-corrected chi connectivity index (χ0v) is 18.3. The van der Waals surface area contributed by atoms with Gasteiger partial charge in [0, 0.05) is 11.3 Å². The molecule has 1 heterocycles. The molecule has 3 aromatic rings. The maximum absolute atomic E-state index is 13.6. The van der Waals surface area contributed by atoms with Crippen LogP contribution in [0, 0.1) is 11.3 Å². The number of halogens is 3. The minimum Gasteiger partial charge on any atom is -0.325 e. The number of hydrogen-bond donors (Lipinski definition) is 2. The van der Waals surface area contributed by atoms with Gasteiger partial charge in [0.2, 0.25) is 15.9 Å². The van der Waals surface area contributed by atoms with E-state index < -0.39 is 33.2 Å². The van der Waals surface area contributed by atoms with Crippen LogP contribution in [0.15, 0.2) is 70.6 Å². The summed E-state index contributed by atoms with van der Waals surface area (Å²) >= 11 is 0.684. The Morgan fingerprint density at radius 1 is 1.12 bits per heavy atom. The topological polar surface area (TPSA) is 126 Å². The molecule has 3 N–H and O–H groups in total. The van der Waals surface area contributed by atoms with E-state index in [9.17, 15) is 31.6 Å². The number of benzene rings is 2. The predicted octanol–water partition coefficient (Wildman–Crippen LogP) is 4.02. The highest BCUT2D eigenvalue weighted by molar-refractivity contribution is 8.00. The van der Waals surface area contributed by atoms with Crippen LogP contribution in [0.25, 0.3) is 11.3 Å². The SMILES string of the molecule is N#Cc1c(C(F)(F)F)cc(-c2ccccc2)nc1SCC(=O)Nc1ccc(S(N)(=O)=O)cc1. The van der Waals surface area contributed by atoms with Gasteiger partial charge in [0.1, 0.15) is 11.1 Å². The van der Waals surface area contributed by atoms with E-state index >= 15 is 0 Å². The third-order valence-corrected chi connectivity index (χ3v) is 6.18. The molecule has 0 spiro atoms. The average molecular weight is 493 g/mol. The number of alkyl halides is 3. The van der Waals surface area contributed by atoms with Gasteiger partial charge in [0.05, 0.1) is 27.5 Å².